The minimum atomic E-state index is -0.261. The van der Waals surface area contributed by atoms with Gasteiger partial charge in [0, 0.05) is 22.9 Å². The Labute approximate surface area is 155 Å². The van der Waals surface area contributed by atoms with E-state index in [1.807, 2.05) is 13.8 Å². The molecule has 2 aromatic carbocycles. The Balaban J connectivity index is 2.12. The highest BCUT2D eigenvalue weighted by atomic mass is 79.9. The van der Waals surface area contributed by atoms with Crippen molar-refractivity contribution in [3.63, 3.8) is 0 Å². The minimum Gasteiger partial charge on any atom is -0.496 e. The molecule has 2 N–H and O–H groups in total. The van der Waals surface area contributed by atoms with Crippen LogP contribution in [0.5, 0.6) is 5.75 Å². The van der Waals surface area contributed by atoms with Gasteiger partial charge in [-0.15, -0.1) is 0 Å². The molecule has 2 aromatic rings. The summed E-state index contributed by atoms with van der Waals surface area (Å²) < 4.78 is 5.86. The summed E-state index contributed by atoms with van der Waals surface area (Å²) in [6.07, 6.45) is 0.856. The second-order valence-corrected chi connectivity index (χ2v) is 6.52. The van der Waals surface area contributed by atoms with Crippen molar-refractivity contribution in [3.8, 4) is 5.75 Å². The first-order valence-corrected chi connectivity index (χ1v) is 8.79. The van der Waals surface area contributed by atoms with Crippen LogP contribution in [0.4, 0.5) is 5.69 Å². The largest absolute Gasteiger partial charge is 0.496 e. The predicted molar refractivity (Wildman–Crippen MR) is 102 cm³/mol. The number of ether oxygens (including phenoxy) is 1. The zero-order valence-electron chi connectivity index (χ0n) is 14.4. The van der Waals surface area contributed by atoms with Gasteiger partial charge in [0.15, 0.2) is 0 Å². The zero-order chi connectivity index (χ0) is 18.4. The molecule has 0 fully saturated rings. The Morgan fingerprint density at radius 3 is 2.48 bits per heavy atom. The number of carbonyl (C=O) groups excluding carboxylic acids is 2. The van der Waals surface area contributed by atoms with E-state index in [1.165, 1.54) is 0 Å². The lowest BCUT2D eigenvalue weighted by atomic mass is 10.1. The molecule has 0 radical (unpaired) electrons. The molecule has 0 aromatic heterocycles. The third-order valence-electron chi connectivity index (χ3n) is 3.79. The van der Waals surface area contributed by atoms with Crippen molar-refractivity contribution in [2.45, 2.75) is 26.3 Å². The summed E-state index contributed by atoms with van der Waals surface area (Å²) in [5, 5.41) is 5.71. The third-order valence-corrected chi connectivity index (χ3v) is 4.41. The van der Waals surface area contributed by atoms with Gasteiger partial charge >= 0.3 is 0 Å². The molecule has 6 heteroatoms. The lowest BCUT2D eigenvalue weighted by molar-refractivity contribution is 0.0938. The van der Waals surface area contributed by atoms with Gasteiger partial charge in [-0.2, -0.15) is 0 Å². The Kier molecular flexibility index (Phi) is 6.58. The van der Waals surface area contributed by atoms with E-state index in [2.05, 4.69) is 26.6 Å². The third kappa shape index (κ3) is 5.06. The van der Waals surface area contributed by atoms with Crippen molar-refractivity contribution >= 4 is 33.4 Å². The fraction of sp³-hybridized carbons (Fsp3) is 0.263. The summed E-state index contributed by atoms with van der Waals surface area (Å²) >= 11 is 3.36. The molecule has 25 heavy (non-hydrogen) atoms. The average Bonchev–Trinajstić information content (AvgIpc) is 2.61. The first kappa shape index (κ1) is 19.0. The standard InChI is InChI=1S/C19H21BrN2O3/c1-4-12(2)21-18(23)13-6-5-7-15(10-13)22-19(24)14-8-9-17(25-3)16(20)11-14/h5-12H,4H2,1-3H3,(H,21,23)(H,22,24). The van der Waals surface area contributed by atoms with Crippen LogP contribution >= 0.6 is 15.9 Å². The SMILES string of the molecule is CCC(C)NC(=O)c1cccc(NC(=O)c2ccc(OC)c(Br)c2)c1. The number of nitrogens with one attached hydrogen (secondary N) is 2. The molecule has 5 nitrogen and oxygen atoms in total. The predicted octanol–water partition coefficient (Wildman–Crippen LogP) is 4.24. The van der Waals surface area contributed by atoms with Gasteiger partial charge in [-0.25, -0.2) is 0 Å². The van der Waals surface area contributed by atoms with Crippen molar-refractivity contribution in [1.29, 1.82) is 0 Å². The fourth-order valence-corrected chi connectivity index (χ4v) is 2.70. The summed E-state index contributed by atoms with van der Waals surface area (Å²) in [6, 6.07) is 12.1. The molecule has 0 spiro atoms. The summed E-state index contributed by atoms with van der Waals surface area (Å²) in [5.74, 6) is 0.237. The highest BCUT2D eigenvalue weighted by Crippen LogP contribution is 2.26. The van der Waals surface area contributed by atoms with Crippen LogP contribution in [0.15, 0.2) is 46.9 Å². The Hall–Kier alpha value is -2.34. The van der Waals surface area contributed by atoms with E-state index in [9.17, 15) is 9.59 Å². The Bertz CT molecular complexity index is 777. The zero-order valence-corrected chi connectivity index (χ0v) is 16.0. The first-order chi connectivity index (χ1) is 11.9. The summed E-state index contributed by atoms with van der Waals surface area (Å²) in [6.45, 7) is 3.96. The van der Waals surface area contributed by atoms with Crippen molar-refractivity contribution < 1.29 is 14.3 Å². The summed E-state index contributed by atoms with van der Waals surface area (Å²) in [7, 11) is 1.57. The van der Waals surface area contributed by atoms with E-state index in [0.29, 0.717) is 27.0 Å². The molecule has 0 aliphatic rings. The molecule has 132 valence electrons. The molecule has 0 saturated carbocycles. The Morgan fingerprint density at radius 2 is 1.84 bits per heavy atom. The molecular formula is C19H21BrN2O3. The van der Waals surface area contributed by atoms with E-state index in [4.69, 9.17) is 4.74 Å². The van der Waals surface area contributed by atoms with E-state index < -0.39 is 0 Å². The van der Waals surface area contributed by atoms with Gasteiger partial charge in [-0.3, -0.25) is 9.59 Å². The summed E-state index contributed by atoms with van der Waals surface area (Å²) in [5.41, 5.74) is 1.56. The molecule has 0 heterocycles. The normalized spacial score (nSPS) is 11.5. The maximum atomic E-state index is 12.4. The highest BCUT2D eigenvalue weighted by molar-refractivity contribution is 9.10. The van der Waals surface area contributed by atoms with Crippen molar-refractivity contribution in [2.75, 3.05) is 12.4 Å². The van der Waals surface area contributed by atoms with E-state index >= 15 is 0 Å². The lowest BCUT2D eigenvalue weighted by Crippen LogP contribution is -2.31. The number of anilines is 1. The molecule has 2 amide bonds. The van der Waals surface area contributed by atoms with Crippen LogP contribution in [0.25, 0.3) is 0 Å². The van der Waals surface area contributed by atoms with Crippen molar-refractivity contribution in [1.82, 2.24) is 5.32 Å². The van der Waals surface area contributed by atoms with E-state index in [-0.39, 0.29) is 17.9 Å². The maximum Gasteiger partial charge on any atom is 0.255 e. The van der Waals surface area contributed by atoms with Crippen LogP contribution < -0.4 is 15.4 Å². The second kappa shape index (κ2) is 8.67. The van der Waals surface area contributed by atoms with Crippen molar-refractivity contribution in [3.05, 3.63) is 58.1 Å². The molecule has 0 aliphatic carbocycles. The molecular weight excluding hydrogens is 384 g/mol. The van der Waals surface area contributed by atoms with E-state index in [1.54, 1.807) is 49.6 Å². The number of methoxy groups -OCH3 is 1. The van der Waals surface area contributed by atoms with Crippen LogP contribution in [0.3, 0.4) is 0 Å². The molecule has 0 saturated heterocycles. The molecule has 0 aliphatic heterocycles. The molecule has 0 bridgehead atoms. The Morgan fingerprint density at radius 1 is 1.12 bits per heavy atom. The number of benzene rings is 2. The van der Waals surface area contributed by atoms with Crippen LogP contribution in [0.2, 0.25) is 0 Å². The number of hydrogen-bond donors (Lipinski definition) is 2. The van der Waals surface area contributed by atoms with Gasteiger partial charge in [0.1, 0.15) is 5.75 Å². The highest BCUT2D eigenvalue weighted by Gasteiger charge is 2.12. The number of hydrogen-bond acceptors (Lipinski definition) is 3. The van der Waals surface area contributed by atoms with Gasteiger partial charge in [0.2, 0.25) is 0 Å². The van der Waals surface area contributed by atoms with Gasteiger partial charge < -0.3 is 15.4 Å². The number of halogens is 1. The first-order valence-electron chi connectivity index (χ1n) is 8.00. The van der Waals surface area contributed by atoms with Gasteiger partial charge in [-0.1, -0.05) is 13.0 Å². The topological polar surface area (TPSA) is 67.4 Å². The lowest BCUT2D eigenvalue weighted by Gasteiger charge is -2.12. The molecule has 1 atom stereocenters. The van der Waals surface area contributed by atoms with Crippen LogP contribution in [0, 0.1) is 0 Å². The fourth-order valence-electron chi connectivity index (χ4n) is 2.16. The maximum absolute atomic E-state index is 12.4. The van der Waals surface area contributed by atoms with E-state index in [0.717, 1.165) is 6.42 Å². The second-order valence-electron chi connectivity index (χ2n) is 5.67. The van der Waals surface area contributed by atoms with Gasteiger partial charge in [0.05, 0.1) is 11.6 Å². The van der Waals surface area contributed by atoms with Crippen LogP contribution in [-0.2, 0) is 0 Å². The number of amides is 2. The van der Waals surface area contributed by atoms with Crippen molar-refractivity contribution in [2.24, 2.45) is 0 Å². The minimum absolute atomic E-state index is 0.0994. The average molecular weight is 405 g/mol. The molecule has 1 unspecified atom stereocenters. The smallest absolute Gasteiger partial charge is 0.255 e. The van der Waals surface area contributed by atoms with Gasteiger partial charge in [-0.05, 0) is 65.7 Å². The molecule has 2 rings (SSSR count). The summed E-state index contributed by atoms with van der Waals surface area (Å²) in [4.78, 5) is 24.6. The quantitative estimate of drug-likeness (QED) is 0.756. The monoisotopic (exact) mass is 404 g/mol. The number of carbonyl (C=O) groups is 2. The number of rotatable bonds is 6. The van der Waals surface area contributed by atoms with Crippen LogP contribution in [-0.4, -0.2) is 25.0 Å². The van der Waals surface area contributed by atoms with Crippen LogP contribution in [0.1, 0.15) is 41.0 Å². The van der Waals surface area contributed by atoms with Gasteiger partial charge in [0.25, 0.3) is 11.8 Å².